The van der Waals surface area contributed by atoms with Gasteiger partial charge in [0.05, 0.1) is 38.1 Å². The third kappa shape index (κ3) is 6.26. The highest BCUT2D eigenvalue weighted by Gasteiger charge is 2.59. The Labute approximate surface area is 264 Å². The number of benzene rings is 2. The minimum Gasteiger partial charge on any atom is -0.502 e. The number of amides is 2. The molecule has 0 bridgehead atoms. The number of carbonyl (C=O) groups excluding carboxylic acids is 5. The maximum atomic E-state index is 14.0. The first-order valence-electron chi connectivity index (χ1n) is 14.4. The monoisotopic (exact) mass is 637 g/mol. The highest BCUT2D eigenvalue weighted by molar-refractivity contribution is 6.08. The van der Waals surface area contributed by atoms with Gasteiger partial charge >= 0.3 is 11.9 Å². The van der Waals surface area contributed by atoms with Crippen LogP contribution < -0.4 is 15.4 Å². The van der Waals surface area contributed by atoms with E-state index in [9.17, 15) is 29.1 Å². The van der Waals surface area contributed by atoms with Crippen molar-refractivity contribution >= 4 is 40.3 Å². The molecule has 46 heavy (non-hydrogen) atoms. The van der Waals surface area contributed by atoms with Gasteiger partial charge in [0.15, 0.2) is 11.9 Å². The standard InChI is InChI=1S/C32H35N3O11/c1-15-8-7-9-19-20(15)10-18(43-6)11-21(19)31(41)46-28(32(4)14-44-32)30(40)34-24(29(39)33-22(13-42-5)16(2)36)25-27(45-17(3)37)26(38)23-12-35(23)25/h7-11,13,23,26-28,38H,12,14H2,1-6H3,(H,33,39)(H,34,40)/b22-13-,25-24+/t23-,26+,27+,28-,32+,35?/m0/s1. The second-order valence-corrected chi connectivity index (χ2v) is 11.5. The van der Waals surface area contributed by atoms with Crippen molar-refractivity contribution in [3.63, 3.8) is 0 Å². The van der Waals surface area contributed by atoms with Crippen LogP contribution >= 0.6 is 0 Å². The van der Waals surface area contributed by atoms with Gasteiger partial charge in [-0.05, 0) is 42.3 Å². The molecule has 0 saturated carbocycles. The van der Waals surface area contributed by atoms with Gasteiger partial charge in [-0.3, -0.25) is 19.2 Å². The molecule has 3 aliphatic heterocycles. The Kier molecular flexibility index (Phi) is 8.78. The summed E-state index contributed by atoms with van der Waals surface area (Å²) >= 11 is 0. The molecular formula is C32H35N3O11. The largest absolute Gasteiger partial charge is 0.502 e. The van der Waals surface area contributed by atoms with E-state index in [1.807, 2.05) is 13.0 Å². The molecule has 0 spiro atoms. The lowest BCUT2D eigenvalue weighted by Crippen LogP contribution is -2.49. The van der Waals surface area contributed by atoms with Crippen LogP contribution in [0, 0.1) is 6.92 Å². The summed E-state index contributed by atoms with van der Waals surface area (Å²) in [5, 5.41) is 17.0. The Morgan fingerprint density at radius 1 is 1.11 bits per heavy atom. The quantitative estimate of drug-likeness (QED) is 0.138. The topological polar surface area (TPSA) is 182 Å². The molecule has 0 aromatic heterocycles. The van der Waals surface area contributed by atoms with Crippen LogP contribution in [0.4, 0.5) is 0 Å². The zero-order chi connectivity index (χ0) is 33.5. The van der Waals surface area contributed by atoms with E-state index < -0.39 is 65.2 Å². The summed E-state index contributed by atoms with van der Waals surface area (Å²) in [6.07, 6.45) is -3.03. The minimum absolute atomic E-state index is 0.0140. The number of allylic oxidation sites excluding steroid dienone is 1. The third-order valence-electron chi connectivity index (χ3n) is 8.08. The van der Waals surface area contributed by atoms with Crippen LogP contribution in [0.5, 0.6) is 5.75 Å². The summed E-state index contributed by atoms with van der Waals surface area (Å²) in [5.41, 5.74) is -0.838. The molecule has 0 radical (unpaired) electrons. The average molecular weight is 638 g/mol. The maximum Gasteiger partial charge on any atom is 0.339 e. The van der Waals surface area contributed by atoms with E-state index >= 15 is 0 Å². The third-order valence-corrected chi connectivity index (χ3v) is 8.08. The van der Waals surface area contributed by atoms with Crippen molar-refractivity contribution in [2.75, 3.05) is 27.4 Å². The molecule has 3 saturated heterocycles. The van der Waals surface area contributed by atoms with E-state index in [1.54, 1.807) is 30.0 Å². The molecule has 2 aromatic rings. The van der Waals surface area contributed by atoms with Gasteiger partial charge in [-0.15, -0.1) is 0 Å². The molecule has 14 heteroatoms. The molecular weight excluding hydrogens is 602 g/mol. The number of rotatable bonds is 11. The summed E-state index contributed by atoms with van der Waals surface area (Å²) in [7, 11) is 2.75. The maximum absolute atomic E-state index is 14.0. The van der Waals surface area contributed by atoms with Gasteiger partial charge in [0.2, 0.25) is 6.10 Å². The number of fused-ring (bicyclic) bond motifs is 2. The molecule has 14 nitrogen and oxygen atoms in total. The predicted molar refractivity (Wildman–Crippen MR) is 160 cm³/mol. The van der Waals surface area contributed by atoms with Gasteiger partial charge < -0.3 is 44.3 Å². The van der Waals surface area contributed by atoms with Crippen molar-refractivity contribution in [2.24, 2.45) is 0 Å². The van der Waals surface area contributed by atoms with Crippen LogP contribution in [-0.4, -0.2) is 96.9 Å². The number of epoxide rings is 1. The number of ketones is 1. The van der Waals surface area contributed by atoms with Crippen LogP contribution in [0.2, 0.25) is 0 Å². The number of hydrogen-bond donors (Lipinski definition) is 3. The first-order valence-corrected chi connectivity index (χ1v) is 14.4. The van der Waals surface area contributed by atoms with E-state index in [1.165, 1.54) is 27.2 Å². The Morgan fingerprint density at radius 2 is 1.83 bits per heavy atom. The number of piperidine rings is 1. The minimum atomic E-state index is -1.56. The Balaban J connectivity index is 1.52. The van der Waals surface area contributed by atoms with Gasteiger partial charge in [-0.25, -0.2) is 4.79 Å². The number of hydrogen-bond acceptors (Lipinski definition) is 12. The number of esters is 2. The first kappa shape index (κ1) is 32.4. The highest BCUT2D eigenvalue weighted by Crippen LogP contribution is 2.42. The van der Waals surface area contributed by atoms with Gasteiger partial charge in [-0.2, -0.15) is 0 Å². The zero-order valence-corrected chi connectivity index (χ0v) is 26.2. The number of methoxy groups -OCH3 is 2. The number of nitrogens with one attached hydrogen (secondary N) is 2. The molecule has 3 N–H and O–H groups in total. The van der Waals surface area contributed by atoms with E-state index in [-0.39, 0.29) is 23.6 Å². The van der Waals surface area contributed by atoms with Crippen LogP contribution in [0.3, 0.4) is 0 Å². The summed E-state index contributed by atoms with van der Waals surface area (Å²) in [6, 6.07) is 8.25. The van der Waals surface area contributed by atoms with Crippen molar-refractivity contribution in [1.29, 1.82) is 0 Å². The predicted octanol–water partition coefficient (Wildman–Crippen LogP) is 0.982. The fourth-order valence-electron chi connectivity index (χ4n) is 5.46. The number of nitrogens with zero attached hydrogens (tertiary/aromatic N) is 1. The van der Waals surface area contributed by atoms with E-state index in [2.05, 4.69) is 10.6 Å². The number of Topliss-reactive ketones (excluding diaryl/α,β-unsaturated/α-hetero) is 1. The fraction of sp³-hybridized carbons (Fsp3) is 0.406. The lowest BCUT2D eigenvalue weighted by atomic mass is 9.99. The van der Waals surface area contributed by atoms with Crippen LogP contribution in [0.1, 0.15) is 36.7 Å². The fourth-order valence-corrected chi connectivity index (χ4v) is 5.46. The van der Waals surface area contributed by atoms with Gasteiger partial charge in [0.25, 0.3) is 11.8 Å². The normalized spacial score (nSPS) is 24.7. The van der Waals surface area contributed by atoms with Crippen LogP contribution in [0.25, 0.3) is 10.8 Å². The average Bonchev–Trinajstić information content (AvgIpc) is 3.93. The second-order valence-electron chi connectivity index (χ2n) is 11.5. The summed E-state index contributed by atoms with van der Waals surface area (Å²) in [6.45, 7) is 6.18. The Bertz CT molecular complexity index is 1690. The molecule has 3 aliphatic rings. The van der Waals surface area contributed by atoms with Gasteiger partial charge in [-0.1, -0.05) is 18.2 Å². The number of aryl methyl sites for hydroxylation is 1. The number of aliphatic hydroxyl groups excluding tert-OH is 1. The molecule has 2 aromatic carbocycles. The van der Waals surface area contributed by atoms with Crippen molar-refractivity contribution in [3.05, 3.63) is 64.8 Å². The molecule has 3 heterocycles. The highest BCUT2D eigenvalue weighted by atomic mass is 16.6. The van der Waals surface area contributed by atoms with E-state index in [4.69, 9.17) is 23.7 Å². The summed E-state index contributed by atoms with van der Waals surface area (Å²) in [4.78, 5) is 67.1. The summed E-state index contributed by atoms with van der Waals surface area (Å²) < 4.78 is 27.0. The lowest BCUT2D eigenvalue weighted by Gasteiger charge is -2.25. The number of carbonyl (C=O) groups is 5. The van der Waals surface area contributed by atoms with E-state index in [0.29, 0.717) is 17.7 Å². The second kappa shape index (κ2) is 12.4. The molecule has 0 unspecified atom stereocenters. The first-order chi connectivity index (χ1) is 21.8. The molecule has 0 aliphatic carbocycles. The molecule has 5 rings (SSSR count). The van der Waals surface area contributed by atoms with Gasteiger partial charge in [0, 0.05) is 20.4 Å². The van der Waals surface area contributed by atoms with Crippen LogP contribution in [-0.2, 0) is 38.1 Å². The van der Waals surface area contributed by atoms with Crippen molar-refractivity contribution in [1.82, 2.24) is 15.5 Å². The van der Waals surface area contributed by atoms with Crippen molar-refractivity contribution in [2.45, 2.75) is 57.6 Å². The molecule has 3 fully saturated rings. The zero-order valence-electron chi connectivity index (χ0n) is 26.2. The molecule has 5 atom stereocenters. The number of ether oxygens (including phenoxy) is 5. The van der Waals surface area contributed by atoms with Crippen molar-refractivity contribution in [3.8, 4) is 5.75 Å². The van der Waals surface area contributed by atoms with Gasteiger partial charge in [0.1, 0.15) is 35.1 Å². The van der Waals surface area contributed by atoms with E-state index in [0.717, 1.165) is 24.1 Å². The Morgan fingerprint density at radius 3 is 2.43 bits per heavy atom. The Hall–Kier alpha value is -4.95. The van der Waals surface area contributed by atoms with Crippen LogP contribution in [0.15, 0.2) is 53.7 Å². The molecule has 2 amide bonds. The molecule has 244 valence electrons. The summed E-state index contributed by atoms with van der Waals surface area (Å²) in [5.74, 6) is -3.62. The smallest absolute Gasteiger partial charge is 0.339 e. The lowest BCUT2D eigenvalue weighted by molar-refractivity contribution is -0.148. The van der Waals surface area contributed by atoms with Crippen molar-refractivity contribution < 1.29 is 52.8 Å². The number of aliphatic hydroxyl groups is 1. The SMILES string of the molecule is CO/C=C(\NC(=O)/C(NC(=O)[C@H](OC(=O)c1cc(OC)cc2c(C)cccc12)[C@@]1(C)CO1)=C1/[C@@H](OC(C)=O)[C@H](O)[C@@H]2CN12)C(C)=O.